The normalized spacial score (nSPS) is 12.2. The van der Waals surface area contributed by atoms with Gasteiger partial charge in [-0.2, -0.15) is 0 Å². The Hall–Kier alpha value is -1.58. The second kappa shape index (κ2) is 9.38. The molecule has 3 N–H and O–H groups in total. The number of hydrogen-bond acceptors (Lipinski definition) is 3. The second-order valence-corrected chi connectivity index (χ2v) is 8.42. The molecule has 0 spiro atoms. The van der Waals surface area contributed by atoms with Gasteiger partial charge in [0.1, 0.15) is 5.75 Å². The van der Waals surface area contributed by atoms with Crippen LogP contribution in [0.5, 0.6) is 5.75 Å². The van der Waals surface area contributed by atoms with Crippen LogP contribution in [0.15, 0.2) is 42.5 Å². The largest absolute Gasteiger partial charge is 0.626 e. The summed E-state index contributed by atoms with van der Waals surface area (Å²) in [5, 5.41) is 10.9. The molecule has 7 heteroatoms. The summed E-state index contributed by atoms with van der Waals surface area (Å²) in [6.45, 7) is 2.04. The zero-order valence-corrected chi connectivity index (χ0v) is 16.7. The quantitative estimate of drug-likeness (QED) is 0.541. The Kier molecular flexibility index (Phi) is 7.48. The van der Waals surface area contributed by atoms with Crippen molar-refractivity contribution in [2.24, 2.45) is 5.73 Å². The summed E-state index contributed by atoms with van der Waals surface area (Å²) in [4.78, 5) is 24.0. The molecular formula is C19H20Cl2NO3P. The maximum absolute atomic E-state index is 13.4. The van der Waals surface area contributed by atoms with Crippen LogP contribution in [0, 0.1) is 0 Å². The third-order valence-corrected chi connectivity index (χ3v) is 6.55. The van der Waals surface area contributed by atoms with Crippen molar-refractivity contribution in [3.63, 3.8) is 0 Å². The molecule has 0 saturated carbocycles. The summed E-state index contributed by atoms with van der Waals surface area (Å²) >= 11 is 12.3. The first kappa shape index (κ1) is 20.7. The number of carbonyl (C=O) groups excluding carboxylic acids is 1. The van der Waals surface area contributed by atoms with E-state index in [1.807, 2.05) is 6.92 Å². The van der Waals surface area contributed by atoms with Crippen LogP contribution in [0.4, 0.5) is 0 Å². The molecule has 1 amide bonds. The minimum Gasteiger partial charge on any atom is -0.626 e. The minimum atomic E-state index is -2.21. The summed E-state index contributed by atoms with van der Waals surface area (Å²) in [6, 6.07) is 11.4. The predicted molar refractivity (Wildman–Crippen MR) is 108 cm³/mol. The monoisotopic (exact) mass is 411 g/mol. The Morgan fingerprint density at radius 3 is 2.42 bits per heavy atom. The van der Waals surface area contributed by atoms with Gasteiger partial charge < -0.3 is 15.7 Å². The van der Waals surface area contributed by atoms with Crippen LogP contribution in [0.2, 0.25) is 0 Å². The summed E-state index contributed by atoms with van der Waals surface area (Å²) in [5.41, 5.74) is 6.61. The number of rotatable bonds is 7. The standard InChI is InChI=1S/C19H20Cl2NO3P/c1-2-3-7-14-15(23)10-6-11-16(14)26(25)17(18(20)21)12-8-4-5-9-13(12)19(22)24/h4-6,8-11,18,23H,2-3,7H2,1H3,(H2,22,24). The lowest BCUT2D eigenvalue weighted by Crippen LogP contribution is -2.24. The van der Waals surface area contributed by atoms with E-state index in [4.69, 9.17) is 28.9 Å². The summed E-state index contributed by atoms with van der Waals surface area (Å²) in [6.07, 6.45) is 2.35. The first-order valence-electron chi connectivity index (χ1n) is 8.20. The van der Waals surface area contributed by atoms with Crippen LogP contribution in [-0.2, 0) is 6.42 Å². The fraction of sp³-hybridized carbons (Fsp3) is 0.263. The Balaban J connectivity index is 2.72. The van der Waals surface area contributed by atoms with Gasteiger partial charge in [0.05, 0.1) is 13.3 Å². The highest BCUT2D eigenvalue weighted by molar-refractivity contribution is 7.61. The van der Waals surface area contributed by atoms with E-state index in [1.54, 1.807) is 36.4 Å². The van der Waals surface area contributed by atoms with Gasteiger partial charge in [-0.05, 0) is 37.1 Å². The molecule has 2 aromatic rings. The Bertz CT molecular complexity index is 837. The van der Waals surface area contributed by atoms with E-state index in [0.29, 0.717) is 22.9 Å². The molecular weight excluding hydrogens is 392 g/mol. The minimum absolute atomic E-state index is 0.0857. The smallest absolute Gasteiger partial charge is 0.249 e. The average Bonchev–Trinajstić information content (AvgIpc) is 2.60. The molecule has 0 heterocycles. The Labute approximate surface area is 164 Å². The molecule has 0 radical (unpaired) electrons. The summed E-state index contributed by atoms with van der Waals surface area (Å²) in [5.74, 6) is -0.569. The molecule has 0 aliphatic carbocycles. The van der Waals surface area contributed by atoms with Crippen molar-refractivity contribution in [2.45, 2.75) is 31.0 Å². The van der Waals surface area contributed by atoms with E-state index < -0.39 is 18.5 Å². The highest BCUT2D eigenvalue weighted by Gasteiger charge is 2.28. The van der Waals surface area contributed by atoms with E-state index in [0.717, 1.165) is 12.8 Å². The van der Waals surface area contributed by atoms with E-state index in [1.165, 1.54) is 6.07 Å². The van der Waals surface area contributed by atoms with Crippen molar-refractivity contribution >= 4 is 47.5 Å². The Morgan fingerprint density at radius 2 is 1.85 bits per heavy atom. The number of alkyl halides is 2. The summed E-state index contributed by atoms with van der Waals surface area (Å²) in [7, 11) is -2.21. The van der Waals surface area contributed by atoms with Crippen LogP contribution in [0.1, 0.15) is 41.3 Å². The first-order chi connectivity index (χ1) is 12.4. The SMILES string of the molecule is CCCCc1c(O)cccc1/[P+]([O-])=C(/c1ccccc1C(N)=O)C(Cl)Cl. The molecule has 0 aliphatic heterocycles. The predicted octanol–water partition coefficient (Wildman–Crippen LogP) is 3.24. The van der Waals surface area contributed by atoms with Crippen LogP contribution in [-0.4, -0.2) is 21.1 Å². The first-order valence-corrected chi connectivity index (χ1v) is 10.3. The number of hydrogen-bond donors (Lipinski definition) is 2. The van der Waals surface area contributed by atoms with Gasteiger partial charge in [0.15, 0.2) is 15.4 Å². The zero-order valence-electron chi connectivity index (χ0n) is 14.3. The lowest BCUT2D eigenvalue weighted by Gasteiger charge is -2.14. The number of halogens is 2. The number of phenols is 1. The van der Waals surface area contributed by atoms with Gasteiger partial charge in [-0.15, -0.1) is 0 Å². The van der Waals surface area contributed by atoms with Gasteiger partial charge in [-0.3, -0.25) is 4.79 Å². The van der Waals surface area contributed by atoms with Gasteiger partial charge in [0, 0.05) is 11.1 Å². The highest BCUT2D eigenvalue weighted by atomic mass is 35.5. The van der Waals surface area contributed by atoms with E-state index in [-0.39, 0.29) is 16.6 Å². The van der Waals surface area contributed by atoms with E-state index >= 15 is 0 Å². The third-order valence-electron chi connectivity index (χ3n) is 4.02. The van der Waals surface area contributed by atoms with Crippen molar-refractivity contribution in [1.82, 2.24) is 0 Å². The fourth-order valence-electron chi connectivity index (χ4n) is 2.73. The van der Waals surface area contributed by atoms with Crippen LogP contribution >= 0.6 is 31.0 Å². The van der Waals surface area contributed by atoms with Gasteiger partial charge >= 0.3 is 0 Å². The van der Waals surface area contributed by atoms with E-state index in [2.05, 4.69) is 0 Å². The molecule has 4 nitrogen and oxygen atoms in total. The topological polar surface area (TPSA) is 86.4 Å². The zero-order chi connectivity index (χ0) is 19.3. The van der Waals surface area contributed by atoms with Gasteiger partial charge in [-0.25, -0.2) is 0 Å². The molecule has 0 saturated heterocycles. The number of amides is 1. The van der Waals surface area contributed by atoms with Crippen molar-refractivity contribution < 1.29 is 14.8 Å². The molecule has 2 aromatic carbocycles. The second-order valence-electron chi connectivity index (χ2n) is 5.77. The molecule has 0 fully saturated rings. The number of nitrogens with two attached hydrogens (primary N) is 1. The van der Waals surface area contributed by atoms with Gasteiger partial charge in [0.2, 0.25) is 5.91 Å². The molecule has 1 unspecified atom stereocenters. The number of benzene rings is 2. The maximum Gasteiger partial charge on any atom is 0.249 e. The Morgan fingerprint density at radius 1 is 1.19 bits per heavy atom. The number of primary amides is 1. The van der Waals surface area contributed by atoms with E-state index in [9.17, 15) is 14.8 Å². The lowest BCUT2D eigenvalue weighted by atomic mass is 10.0. The molecule has 2 rings (SSSR count). The lowest BCUT2D eigenvalue weighted by molar-refractivity contribution is -0.149. The number of phenolic OH excluding ortho intramolecular Hbond substituents is 1. The average molecular weight is 412 g/mol. The van der Waals surface area contributed by atoms with Gasteiger partial charge in [0.25, 0.3) is 0 Å². The molecule has 1 atom stereocenters. The van der Waals surface area contributed by atoms with Crippen molar-refractivity contribution in [1.29, 1.82) is 0 Å². The van der Waals surface area contributed by atoms with Crippen LogP contribution in [0.25, 0.3) is 0 Å². The third kappa shape index (κ3) is 4.57. The molecule has 26 heavy (non-hydrogen) atoms. The molecule has 0 bridgehead atoms. The van der Waals surface area contributed by atoms with Crippen LogP contribution in [0.3, 0.4) is 0 Å². The molecule has 138 valence electrons. The summed E-state index contributed by atoms with van der Waals surface area (Å²) < 4.78 is 0. The van der Waals surface area contributed by atoms with Gasteiger partial charge in [-0.1, -0.05) is 54.7 Å². The maximum atomic E-state index is 13.4. The number of aromatic hydroxyl groups is 1. The molecule has 0 aromatic heterocycles. The molecule has 0 aliphatic rings. The number of unbranched alkanes of at least 4 members (excludes halogenated alkanes) is 1. The van der Waals surface area contributed by atoms with Crippen LogP contribution < -0.4 is 15.9 Å². The highest BCUT2D eigenvalue weighted by Crippen LogP contribution is 2.31. The van der Waals surface area contributed by atoms with Crippen molar-refractivity contribution in [3.8, 4) is 5.75 Å². The fourth-order valence-corrected chi connectivity index (χ4v) is 5.04. The van der Waals surface area contributed by atoms with Crippen molar-refractivity contribution in [2.75, 3.05) is 0 Å². The number of carbonyl (C=O) groups is 1. The van der Waals surface area contributed by atoms with Crippen molar-refractivity contribution in [3.05, 3.63) is 59.2 Å².